The van der Waals surface area contributed by atoms with Crippen LogP contribution >= 0.6 is 0 Å². The number of nitrogens with two attached hydrogens (primary N) is 1. The summed E-state index contributed by atoms with van der Waals surface area (Å²) in [4.78, 5) is 11.9. The van der Waals surface area contributed by atoms with Crippen LogP contribution in [-0.2, 0) is 4.79 Å². The number of hydrogen-bond acceptors (Lipinski definition) is 3. The molecule has 0 radical (unpaired) electrons. The highest BCUT2D eigenvalue weighted by Gasteiger charge is 2.49. The van der Waals surface area contributed by atoms with Crippen LogP contribution in [0.4, 0.5) is 0 Å². The lowest BCUT2D eigenvalue weighted by atomic mass is 9.92. The lowest BCUT2D eigenvalue weighted by molar-refractivity contribution is -0.128. The van der Waals surface area contributed by atoms with Gasteiger partial charge in [0.25, 0.3) is 0 Å². The minimum absolute atomic E-state index is 0.0460. The molecule has 15 heavy (non-hydrogen) atoms. The fourth-order valence-electron chi connectivity index (χ4n) is 2.28. The summed E-state index contributed by atoms with van der Waals surface area (Å²) >= 11 is 0. The number of nitrogens with one attached hydrogen (secondary N) is 1. The van der Waals surface area contributed by atoms with Crippen LogP contribution in [0.25, 0.3) is 0 Å². The molecule has 86 valence electrons. The van der Waals surface area contributed by atoms with Gasteiger partial charge in [-0.05, 0) is 25.7 Å². The van der Waals surface area contributed by atoms with Crippen molar-refractivity contribution in [3.05, 3.63) is 0 Å². The molecular formula is C11H20N2O2. The Hall–Kier alpha value is -0.610. The standard InChI is InChI=1S/C11H20N2O2/c12-7-11(5-6-11)10(15)13-8-3-1-2-4-9(8)14/h8-9,14H,1-7,12H2,(H,13,15). The van der Waals surface area contributed by atoms with Crippen molar-refractivity contribution >= 4 is 5.91 Å². The van der Waals surface area contributed by atoms with Crippen molar-refractivity contribution in [3.8, 4) is 0 Å². The van der Waals surface area contributed by atoms with E-state index in [0.717, 1.165) is 38.5 Å². The van der Waals surface area contributed by atoms with Crippen LogP contribution in [0, 0.1) is 5.41 Å². The molecule has 0 saturated heterocycles. The molecule has 0 aromatic rings. The number of aliphatic hydroxyl groups excluding tert-OH is 1. The van der Waals surface area contributed by atoms with Crippen molar-refractivity contribution in [2.75, 3.05) is 6.54 Å². The number of rotatable bonds is 3. The molecule has 1 amide bonds. The summed E-state index contributed by atoms with van der Waals surface area (Å²) < 4.78 is 0. The maximum Gasteiger partial charge on any atom is 0.227 e. The predicted octanol–water partition coefficient (Wildman–Crippen LogP) is 0.145. The molecule has 2 atom stereocenters. The molecule has 0 spiro atoms. The van der Waals surface area contributed by atoms with Crippen molar-refractivity contribution in [2.24, 2.45) is 11.1 Å². The van der Waals surface area contributed by atoms with Crippen molar-refractivity contribution in [1.29, 1.82) is 0 Å². The molecule has 2 rings (SSSR count). The zero-order valence-corrected chi connectivity index (χ0v) is 9.04. The van der Waals surface area contributed by atoms with E-state index in [1.807, 2.05) is 0 Å². The van der Waals surface area contributed by atoms with Crippen LogP contribution in [0.2, 0.25) is 0 Å². The van der Waals surface area contributed by atoms with Gasteiger partial charge in [-0.2, -0.15) is 0 Å². The fourth-order valence-corrected chi connectivity index (χ4v) is 2.28. The molecule has 2 aliphatic rings. The van der Waals surface area contributed by atoms with E-state index in [4.69, 9.17) is 5.73 Å². The molecule has 4 heteroatoms. The topological polar surface area (TPSA) is 75.4 Å². The summed E-state index contributed by atoms with van der Waals surface area (Å²) in [6, 6.07) is -0.0460. The van der Waals surface area contributed by atoms with Gasteiger partial charge in [-0.25, -0.2) is 0 Å². The lowest BCUT2D eigenvalue weighted by Crippen LogP contribution is -2.49. The Morgan fingerprint density at radius 3 is 2.60 bits per heavy atom. The van der Waals surface area contributed by atoms with Gasteiger partial charge in [-0.3, -0.25) is 4.79 Å². The molecule has 0 heterocycles. The van der Waals surface area contributed by atoms with Gasteiger partial charge in [-0.1, -0.05) is 12.8 Å². The third-order valence-electron chi connectivity index (χ3n) is 3.77. The Morgan fingerprint density at radius 2 is 2.07 bits per heavy atom. The zero-order chi connectivity index (χ0) is 10.9. The van der Waals surface area contributed by atoms with Gasteiger partial charge in [0, 0.05) is 6.54 Å². The minimum atomic E-state index is -0.365. The maximum absolute atomic E-state index is 11.9. The summed E-state index contributed by atoms with van der Waals surface area (Å²) in [5, 5.41) is 12.7. The van der Waals surface area contributed by atoms with Crippen LogP contribution in [0.15, 0.2) is 0 Å². The van der Waals surface area contributed by atoms with Crippen LogP contribution in [0.5, 0.6) is 0 Å². The number of aliphatic hydroxyl groups is 1. The molecular weight excluding hydrogens is 192 g/mol. The molecule has 4 nitrogen and oxygen atoms in total. The van der Waals surface area contributed by atoms with Crippen LogP contribution in [0.3, 0.4) is 0 Å². The first kappa shape index (κ1) is 10.9. The quantitative estimate of drug-likeness (QED) is 0.623. The highest BCUT2D eigenvalue weighted by atomic mass is 16.3. The Morgan fingerprint density at radius 1 is 1.40 bits per heavy atom. The molecule has 2 fully saturated rings. The van der Waals surface area contributed by atoms with Crippen LogP contribution in [-0.4, -0.2) is 29.7 Å². The predicted molar refractivity (Wildman–Crippen MR) is 57.1 cm³/mol. The number of hydrogen-bond donors (Lipinski definition) is 3. The molecule has 2 unspecified atom stereocenters. The molecule has 4 N–H and O–H groups in total. The number of amides is 1. The first-order chi connectivity index (χ1) is 7.18. The Bertz CT molecular complexity index is 251. The van der Waals surface area contributed by atoms with E-state index in [0.29, 0.717) is 6.54 Å². The summed E-state index contributed by atoms with van der Waals surface area (Å²) in [5.41, 5.74) is 5.29. The lowest BCUT2D eigenvalue weighted by Gasteiger charge is -2.29. The zero-order valence-electron chi connectivity index (χ0n) is 9.04. The maximum atomic E-state index is 11.9. The third-order valence-corrected chi connectivity index (χ3v) is 3.77. The van der Waals surface area contributed by atoms with E-state index >= 15 is 0 Å². The summed E-state index contributed by atoms with van der Waals surface area (Å²) in [6.45, 7) is 0.432. The highest BCUT2D eigenvalue weighted by Crippen LogP contribution is 2.44. The second-order valence-corrected chi connectivity index (χ2v) is 4.92. The minimum Gasteiger partial charge on any atom is -0.391 e. The van der Waals surface area contributed by atoms with E-state index in [1.165, 1.54) is 0 Å². The molecule has 0 aliphatic heterocycles. The van der Waals surface area contributed by atoms with Gasteiger partial charge >= 0.3 is 0 Å². The average molecular weight is 212 g/mol. The largest absolute Gasteiger partial charge is 0.391 e. The molecule has 0 aromatic heterocycles. The number of carbonyl (C=O) groups is 1. The van der Waals surface area contributed by atoms with E-state index in [-0.39, 0.29) is 23.5 Å². The van der Waals surface area contributed by atoms with Crippen molar-refractivity contribution in [2.45, 2.75) is 50.7 Å². The van der Waals surface area contributed by atoms with Gasteiger partial charge in [0.2, 0.25) is 5.91 Å². The van der Waals surface area contributed by atoms with Crippen molar-refractivity contribution in [3.63, 3.8) is 0 Å². The van der Waals surface area contributed by atoms with Crippen molar-refractivity contribution in [1.82, 2.24) is 5.32 Å². The van der Waals surface area contributed by atoms with Gasteiger partial charge in [-0.15, -0.1) is 0 Å². The Kier molecular flexibility index (Phi) is 2.98. The summed E-state index contributed by atoms with van der Waals surface area (Å²) in [7, 11) is 0. The van der Waals surface area contributed by atoms with Crippen molar-refractivity contribution < 1.29 is 9.90 Å². The smallest absolute Gasteiger partial charge is 0.227 e. The monoisotopic (exact) mass is 212 g/mol. The van der Waals surface area contributed by atoms with Gasteiger partial charge in [0.1, 0.15) is 0 Å². The van der Waals surface area contributed by atoms with Crippen LogP contribution < -0.4 is 11.1 Å². The summed E-state index contributed by atoms with van der Waals surface area (Å²) in [6.07, 6.45) is 5.30. The molecule has 2 saturated carbocycles. The second kappa shape index (κ2) is 4.10. The Labute approximate surface area is 90.2 Å². The van der Waals surface area contributed by atoms with Gasteiger partial charge in [0.15, 0.2) is 0 Å². The van der Waals surface area contributed by atoms with E-state index in [9.17, 15) is 9.90 Å². The first-order valence-electron chi connectivity index (χ1n) is 5.87. The summed E-state index contributed by atoms with van der Waals surface area (Å²) in [5.74, 6) is 0.0518. The third kappa shape index (κ3) is 2.16. The van der Waals surface area contributed by atoms with Gasteiger partial charge < -0.3 is 16.2 Å². The fraction of sp³-hybridized carbons (Fsp3) is 0.909. The van der Waals surface area contributed by atoms with Crippen LogP contribution in [0.1, 0.15) is 38.5 Å². The van der Waals surface area contributed by atoms with E-state index in [2.05, 4.69) is 5.32 Å². The second-order valence-electron chi connectivity index (χ2n) is 4.92. The average Bonchev–Trinajstić information content (AvgIpc) is 3.02. The SMILES string of the molecule is NCC1(C(=O)NC2CCCCC2O)CC1. The number of carbonyl (C=O) groups excluding carboxylic acids is 1. The molecule has 0 aromatic carbocycles. The van der Waals surface area contributed by atoms with E-state index in [1.54, 1.807) is 0 Å². The Balaban J connectivity index is 1.88. The van der Waals surface area contributed by atoms with E-state index < -0.39 is 0 Å². The highest BCUT2D eigenvalue weighted by molar-refractivity contribution is 5.85. The normalized spacial score (nSPS) is 33.5. The molecule has 0 bridgehead atoms. The molecule has 2 aliphatic carbocycles. The first-order valence-corrected chi connectivity index (χ1v) is 5.87. The van der Waals surface area contributed by atoms with Gasteiger partial charge in [0.05, 0.1) is 17.6 Å².